The molecule has 0 atom stereocenters. The fraction of sp³-hybridized carbons (Fsp3) is 0.481. The Morgan fingerprint density at radius 3 is 1.43 bits per heavy atom. The van der Waals surface area contributed by atoms with Gasteiger partial charge in [0.1, 0.15) is 0 Å². The van der Waals surface area contributed by atoms with Crippen LogP contribution in [0.25, 0.3) is 0 Å². The van der Waals surface area contributed by atoms with Crippen molar-refractivity contribution in [1.82, 2.24) is 0 Å². The van der Waals surface area contributed by atoms with E-state index in [1.165, 1.54) is 35.1 Å². The molecule has 0 radical (unpaired) electrons. The second-order valence-corrected chi connectivity index (χ2v) is 8.21. The first-order valence-electron chi connectivity index (χ1n) is 11.2. The van der Waals surface area contributed by atoms with Crippen LogP contribution in [-0.2, 0) is 20.4 Å². The molecule has 0 saturated carbocycles. The standard InChI is InChI=1S/C27H38N2.Pd/c1-7-9-11-13-27(29-25-17-15-21(4)23(6)19-25)26(12-10-8-2)28-24-16-14-20(3)22(5)18-24;/h14-19H,7-13H2,1-6H3;. The molecule has 0 fully saturated rings. The predicted molar refractivity (Wildman–Crippen MR) is 130 cm³/mol. The summed E-state index contributed by atoms with van der Waals surface area (Å²) < 4.78 is 0. The van der Waals surface area contributed by atoms with Gasteiger partial charge in [-0.1, -0.05) is 45.2 Å². The molecule has 0 heterocycles. The van der Waals surface area contributed by atoms with E-state index < -0.39 is 0 Å². The number of nitrogens with zero attached hydrogens (tertiary/aromatic N) is 2. The van der Waals surface area contributed by atoms with Gasteiger partial charge in [0.05, 0.1) is 22.8 Å². The zero-order valence-electron chi connectivity index (χ0n) is 19.6. The molecule has 2 rings (SSSR count). The van der Waals surface area contributed by atoms with Gasteiger partial charge < -0.3 is 0 Å². The summed E-state index contributed by atoms with van der Waals surface area (Å²) >= 11 is 0. The number of benzene rings is 2. The molecule has 0 spiro atoms. The predicted octanol–water partition coefficient (Wildman–Crippen LogP) is 8.53. The normalized spacial score (nSPS) is 12.1. The molecule has 0 aromatic heterocycles. The maximum Gasteiger partial charge on any atom is 0.0636 e. The van der Waals surface area contributed by atoms with Gasteiger partial charge >= 0.3 is 0 Å². The number of aryl methyl sites for hydroxylation is 4. The Balaban J connectivity index is 0.00000450. The van der Waals surface area contributed by atoms with Crippen molar-refractivity contribution < 1.29 is 20.4 Å². The summed E-state index contributed by atoms with van der Waals surface area (Å²) in [5.74, 6) is 0. The minimum absolute atomic E-state index is 0. The molecule has 0 aliphatic rings. The summed E-state index contributed by atoms with van der Waals surface area (Å²) in [6.07, 6.45) is 7.90. The van der Waals surface area contributed by atoms with Crippen molar-refractivity contribution in [2.24, 2.45) is 9.98 Å². The van der Waals surface area contributed by atoms with E-state index in [1.54, 1.807) is 0 Å². The molecule has 0 aliphatic carbocycles. The van der Waals surface area contributed by atoms with Crippen molar-refractivity contribution in [3.8, 4) is 0 Å². The first kappa shape index (κ1) is 26.5. The molecule has 166 valence electrons. The number of aliphatic imine (C=N–C) groups is 2. The molecule has 0 saturated heterocycles. The van der Waals surface area contributed by atoms with Crippen LogP contribution in [0.5, 0.6) is 0 Å². The Morgan fingerprint density at radius 1 is 0.600 bits per heavy atom. The van der Waals surface area contributed by atoms with E-state index in [0.717, 1.165) is 54.9 Å². The maximum atomic E-state index is 5.11. The van der Waals surface area contributed by atoms with E-state index >= 15 is 0 Å². The van der Waals surface area contributed by atoms with Crippen molar-refractivity contribution in [2.45, 2.75) is 86.5 Å². The third-order valence-corrected chi connectivity index (χ3v) is 5.63. The van der Waals surface area contributed by atoms with Gasteiger partial charge in [0.2, 0.25) is 0 Å². The zero-order valence-corrected chi connectivity index (χ0v) is 21.2. The summed E-state index contributed by atoms with van der Waals surface area (Å²) in [5, 5.41) is 0. The Kier molecular flexibility index (Phi) is 12.1. The fourth-order valence-electron chi connectivity index (χ4n) is 3.32. The molecule has 0 bridgehead atoms. The van der Waals surface area contributed by atoms with Crippen LogP contribution in [0.1, 0.15) is 81.0 Å². The van der Waals surface area contributed by atoms with E-state index in [-0.39, 0.29) is 20.4 Å². The SMILES string of the molecule is CCCCCC(=Nc1ccc(C)c(C)c1)C(CCCC)=Nc1ccc(C)c(C)c1.[Pd]. The molecule has 2 aromatic carbocycles. The summed E-state index contributed by atoms with van der Waals surface area (Å²) in [5.41, 5.74) is 9.61. The van der Waals surface area contributed by atoms with Gasteiger partial charge in [-0.2, -0.15) is 0 Å². The quantitative estimate of drug-likeness (QED) is 0.179. The van der Waals surface area contributed by atoms with Gasteiger partial charge in [-0.05, 0) is 99.9 Å². The van der Waals surface area contributed by atoms with Crippen LogP contribution in [0.4, 0.5) is 11.4 Å². The van der Waals surface area contributed by atoms with Gasteiger partial charge in [-0.25, -0.2) is 0 Å². The van der Waals surface area contributed by atoms with E-state index in [9.17, 15) is 0 Å². The molecular weight excluding hydrogens is 459 g/mol. The zero-order chi connectivity index (χ0) is 21.2. The second-order valence-electron chi connectivity index (χ2n) is 8.21. The minimum atomic E-state index is 0. The van der Waals surface area contributed by atoms with Crippen LogP contribution >= 0.6 is 0 Å². The van der Waals surface area contributed by atoms with Crippen molar-refractivity contribution in [2.75, 3.05) is 0 Å². The second kappa shape index (κ2) is 13.7. The number of unbranched alkanes of at least 4 members (excludes halogenated alkanes) is 3. The first-order chi connectivity index (χ1) is 13.9. The fourth-order valence-corrected chi connectivity index (χ4v) is 3.32. The third-order valence-electron chi connectivity index (χ3n) is 5.63. The average Bonchev–Trinajstić information content (AvgIpc) is 2.70. The Morgan fingerprint density at radius 2 is 1.03 bits per heavy atom. The number of hydrogen-bond donors (Lipinski definition) is 0. The van der Waals surface area contributed by atoms with Crippen molar-refractivity contribution in [1.29, 1.82) is 0 Å². The first-order valence-corrected chi connectivity index (χ1v) is 11.2. The summed E-state index contributed by atoms with van der Waals surface area (Å²) in [6, 6.07) is 13.0. The molecular formula is C27H38N2Pd. The summed E-state index contributed by atoms with van der Waals surface area (Å²) in [6.45, 7) is 13.1. The van der Waals surface area contributed by atoms with Gasteiger partial charge in [-0.3, -0.25) is 9.98 Å². The van der Waals surface area contributed by atoms with E-state index in [2.05, 4.69) is 77.9 Å². The molecule has 0 N–H and O–H groups in total. The molecule has 0 unspecified atom stereocenters. The average molecular weight is 497 g/mol. The van der Waals surface area contributed by atoms with Crippen molar-refractivity contribution in [3.05, 3.63) is 58.7 Å². The van der Waals surface area contributed by atoms with Crippen LogP contribution in [-0.4, -0.2) is 11.4 Å². The molecule has 0 amide bonds. The van der Waals surface area contributed by atoms with Crippen LogP contribution in [0.15, 0.2) is 46.4 Å². The van der Waals surface area contributed by atoms with Crippen molar-refractivity contribution in [3.63, 3.8) is 0 Å². The molecule has 2 aromatic rings. The minimum Gasteiger partial charge on any atom is -0.252 e. The van der Waals surface area contributed by atoms with Crippen LogP contribution in [0, 0.1) is 27.7 Å². The van der Waals surface area contributed by atoms with Gasteiger partial charge in [-0.15, -0.1) is 0 Å². The molecule has 30 heavy (non-hydrogen) atoms. The third kappa shape index (κ3) is 8.29. The molecule has 2 nitrogen and oxygen atoms in total. The van der Waals surface area contributed by atoms with Crippen LogP contribution in [0.2, 0.25) is 0 Å². The Labute approximate surface area is 198 Å². The van der Waals surface area contributed by atoms with Gasteiger partial charge in [0.15, 0.2) is 0 Å². The Bertz CT molecular complexity index is 865. The smallest absolute Gasteiger partial charge is 0.0636 e. The van der Waals surface area contributed by atoms with Gasteiger partial charge in [0, 0.05) is 20.4 Å². The number of rotatable bonds is 10. The van der Waals surface area contributed by atoms with Crippen LogP contribution < -0.4 is 0 Å². The van der Waals surface area contributed by atoms with E-state index in [0.29, 0.717) is 0 Å². The Hall–Kier alpha value is -1.56. The maximum absolute atomic E-state index is 5.11. The summed E-state index contributed by atoms with van der Waals surface area (Å²) in [4.78, 5) is 10.2. The molecule has 0 aliphatic heterocycles. The van der Waals surface area contributed by atoms with E-state index in [4.69, 9.17) is 9.98 Å². The van der Waals surface area contributed by atoms with Crippen molar-refractivity contribution >= 4 is 22.8 Å². The topological polar surface area (TPSA) is 24.7 Å². The molecule has 3 heteroatoms. The summed E-state index contributed by atoms with van der Waals surface area (Å²) in [7, 11) is 0. The van der Waals surface area contributed by atoms with Crippen LogP contribution in [0.3, 0.4) is 0 Å². The monoisotopic (exact) mass is 496 g/mol. The largest absolute Gasteiger partial charge is 0.252 e. The van der Waals surface area contributed by atoms with Gasteiger partial charge in [0.25, 0.3) is 0 Å². The number of hydrogen-bond acceptors (Lipinski definition) is 2. The van der Waals surface area contributed by atoms with E-state index in [1.807, 2.05) is 0 Å².